The number of amides is 1. The molecular formula is C27H25N7O4. The molecule has 0 radical (unpaired) electrons. The predicted octanol–water partition coefficient (Wildman–Crippen LogP) is 3.77. The summed E-state index contributed by atoms with van der Waals surface area (Å²) in [5.41, 5.74) is 4.00. The predicted molar refractivity (Wildman–Crippen MR) is 139 cm³/mol. The van der Waals surface area contributed by atoms with Gasteiger partial charge in [-0.15, -0.1) is 0 Å². The standard InChI is InChI=1S/C27H25N7O4/c1-3-37-26(36)21-13-29-34(15-21)27-31-24-23(25(32-27)38-16-20-7-5-4-6-8-20)28-17-33(24)14-19-9-11-22(12-10-19)30-18(2)35/h4-13,15,17H,3,14,16H2,1-2H3,(H,30,35). The third kappa shape index (κ3) is 5.51. The maximum absolute atomic E-state index is 12.1. The van der Waals surface area contributed by atoms with Crippen molar-refractivity contribution >= 4 is 28.7 Å². The van der Waals surface area contributed by atoms with Crippen molar-refractivity contribution in [3.63, 3.8) is 0 Å². The maximum Gasteiger partial charge on any atom is 0.341 e. The summed E-state index contributed by atoms with van der Waals surface area (Å²) in [4.78, 5) is 37.2. The largest absolute Gasteiger partial charge is 0.471 e. The fourth-order valence-corrected chi connectivity index (χ4v) is 3.80. The van der Waals surface area contributed by atoms with Crippen LogP contribution in [0.3, 0.4) is 0 Å². The van der Waals surface area contributed by atoms with E-state index in [0.29, 0.717) is 29.3 Å². The van der Waals surface area contributed by atoms with E-state index in [1.165, 1.54) is 24.0 Å². The molecule has 0 unspecified atom stereocenters. The fraction of sp³-hybridized carbons (Fsp3) is 0.185. The van der Waals surface area contributed by atoms with E-state index in [4.69, 9.17) is 14.5 Å². The average molecular weight is 512 g/mol. The molecular weight excluding hydrogens is 486 g/mol. The lowest BCUT2D eigenvalue weighted by Gasteiger charge is -2.10. The lowest BCUT2D eigenvalue weighted by molar-refractivity contribution is -0.114. The lowest BCUT2D eigenvalue weighted by atomic mass is 10.2. The number of carbonyl (C=O) groups is 2. The highest BCUT2D eigenvalue weighted by Crippen LogP contribution is 2.24. The first-order valence-electron chi connectivity index (χ1n) is 12.0. The molecule has 38 heavy (non-hydrogen) atoms. The van der Waals surface area contributed by atoms with Gasteiger partial charge < -0.3 is 19.4 Å². The number of rotatable bonds is 9. The first-order valence-corrected chi connectivity index (χ1v) is 12.0. The summed E-state index contributed by atoms with van der Waals surface area (Å²) in [6, 6.07) is 17.3. The van der Waals surface area contributed by atoms with Crippen LogP contribution < -0.4 is 10.1 Å². The van der Waals surface area contributed by atoms with Gasteiger partial charge in [0.15, 0.2) is 11.2 Å². The van der Waals surface area contributed by atoms with Gasteiger partial charge in [-0.05, 0) is 30.2 Å². The van der Waals surface area contributed by atoms with Crippen molar-refractivity contribution in [1.82, 2.24) is 29.3 Å². The molecule has 0 spiro atoms. The van der Waals surface area contributed by atoms with E-state index in [1.807, 2.05) is 59.2 Å². The second-order valence-electron chi connectivity index (χ2n) is 8.42. The second kappa shape index (κ2) is 10.9. The summed E-state index contributed by atoms with van der Waals surface area (Å²) in [5, 5.41) is 7.02. The summed E-state index contributed by atoms with van der Waals surface area (Å²) in [5.74, 6) is -0.0934. The van der Waals surface area contributed by atoms with Crippen LogP contribution in [0.25, 0.3) is 17.1 Å². The van der Waals surface area contributed by atoms with Gasteiger partial charge in [-0.25, -0.2) is 14.5 Å². The zero-order valence-corrected chi connectivity index (χ0v) is 20.9. The van der Waals surface area contributed by atoms with Crippen LogP contribution in [0.15, 0.2) is 73.3 Å². The number of hydrogen-bond acceptors (Lipinski definition) is 8. The number of nitrogens with zero attached hydrogens (tertiary/aromatic N) is 6. The summed E-state index contributed by atoms with van der Waals surface area (Å²) in [6.07, 6.45) is 4.60. The first kappa shape index (κ1) is 24.6. The number of anilines is 1. The number of hydrogen-bond donors (Lipinski definition) is 1. The minimum Gasteiger partial charge on any atom is -0.471 e. The molecule has 11 nitrogen and oxygen atoms in total. The van der Waals surface area contributed by atoms with Crippen molar-refractivity contribution in [2.24, 2.45) is 0 Å². The summed E-state index contributed by atoms with van der Waals surface area (Å²) in [6.45, 7) is 4.23. The Hall–Kier alpha value is -5.06. The van der Waals surface area contributed by atoms with Crippen LogP contribution in [-0.2, 0) is 22.7 Å². The van der Waals surface area contributed by atoms with Crippen LogP contribution in [0.5, 0.6) is 5.88 Å². The van der Waals surface area contributed by atoms with Crippen LogP contribution in [0, 0.1) is 0 Å². The van der Waals surface area contributed by atoms with Crippen LogP contribution >= 0.6 is 0 Å². The molecule has 11 heteroatoms. The van der Waals surface area contributed by atoms with Gasteiger partial charge >= 0.3 is 5.97 Å². The molecule has 0 fully saturated rings. The van der Waals surface area contributed by atoms with Crippen molar-refractivity contribution in [3.05, 3.63) is 90.0 Å². The van der Waals surface area contributed by atoms with Crippen molar-refractivity contribution in [2.75, 3.05) is 11.9 Å². The van der Waals surface area contributed by atoms with E-state index in [2.05, 4.69) is 20.4 Å². The Kier molecular flexibility index (Phi) is 7.07. The van der Waals surface area contributed by atoms with Gasteiger partial charge in [0.25, 0.3) is 5.95 Å². The van der Waals surface area contributed by atoms with Gasteiger partial charge in [-0.3, -0.25) is 4.79 Å². The molecule has 3 aromatic heterocycles. The number of esters is 1. The van der Waals surface area contributed by atoms with Gasteiger partial charge in [0.1, 0.15) is 6.61 Å². The Bertz CT molecular complexity index is 1580. The van der Waals surface area contributed by atoms with Crippen molar-refractivity contribution in [2.45, 2.75) is 27.0 Å². The van der Waals surface area contributed by atoms with Crippen LogP contribution in [-0.4, -0.2) is 47.8 Å². The normalized spacial score (nSPS) is 10.9. The SMILES string of the molecule is CCOC(=O)c1cnn(-c2nc(OCc3ccccc3)c3ncn(Cc4ccc(NC(C)=O)cc4)c3n2)c1. The molecule has 1 N–H and O–H groups in total. The number of benzene rings is 2. The Morgan fingerprint density at radius 2 is 1.79 bits per heavy atom. The van der Waals surface area contributed by atoms with Crippen LogP contribution in [0.2, 0.25) is 0 Å². The molecule has 0 saturated carbocycles. The van der Waals surface area contributed by atoms with E-state index < -0.39 is 5.97 Å². The highest BCUT2D eigenvalue weighted by Gasteiger charge is 2.18. The summed E-state index contributed by atoms with van der Waals surface area (Å²) in [7, 11) is 0. The molecule has 5 rings (SSSR count). The molecule has 5 aromatic rings. The summed E-state index contributed by atoms with van der Waals surface area (Å²) >= 11 is 0. The van der Waals surface area contributed by atoms with E-state index in [1.54, 1.807) is 13.3 Å². The summed E-state index contributed by atoms with van der Waals surface area (Å²) < 4.78 is 14.4. The molecule has 0 aliphatic carbocycles. The van der Waals surface area contributed by atoms with Gasteiger partial charge in [0.2, 0.25) is 11.8 Å². The molecule has 192 valence electrons. The highest BCUT2D eigenvalue weighted by molar-refractivity contribution is 5.89. The highest BCUT2D eigenvalue weighted by atomic mass is 16.5. The van der Waals surface area contributed by atoms with E-state index in [0.717, 1.165) is 11.1 Å². The van der Waals surface area contributed by atoms with Crippen molar-refractivity contribution in [3.8, 4) is 11.8 Å². The monoisotopic (exact) mass is 511 g/mol. The third-order valence-corrected chi connectivity index (χ3v) is 5.56. The molecule has 1 amide bonds. The lowest BCUT2D eigenvalue weighted by Crippen LogP contribution is -2.08. The molecule has 0 saturated heterocycles. The molecule has 3 heterocycles. The topological polar surface area (TPSA) is 126 Å². The van der Waals surface area contributed by atoms with Crippen molar-refractivity contribution < 1.29 is 19.1 Å². The van der Waals surface area contributed by atoms with E-state index >= 15 is 0 Å². The maximum atomic E-state index is 12.1. The van der Waals surface area contributed by atoms with Gasteiger partial charge in [0.05, 0.1) is 31.2 Å². The Labute approximate surface area is 218 Å². The second-order valence-corrected chi connectivity index (χ2v) is 8.42. The fourth-order valence-electron chi connectivity index (χ4n) is 3.80. The van der Waals surface area contributed by atoms with Gasteiger partial charge in [-0.2, -0.15) is 15.1 Å². The molecule has 0 atom stereocenters. The average Bonchev–Trinajstić information content (AvgIpc) is 3.57. The van der Waals surface area contributed by atoms with Crippen LogP contribution in [0.1, 0.15) is 35.3 Å². The minimum absolute atomic E-state index is 0.129. The molecule has 0 aliphatic heterocycles. The number of fused-ring (bicyclic) bond motifs is 1. The number of nitrogens with one attached hydrogen (secondary N) is 1. The molecule has 0 aliphatic rings. The smallest absolute Gasteiger partial charge is 0.341 e. The zero-order chi connectivity index (χ0) is 26.5. The first-order chi connectivity index (χ1) is 18.5. The molecule has 0 bridgehead atoms. The van der Waals surface area contributed by atoms with Crippen molar-refractivity contribution in [1.29, 1.82) is 0 Å². The Balaban J connectivity index is 1.50. The van der Waals surface area contributed by atoms with Gasteiger partial charge in [0, 0.05) is 18.8 Å². The van der Waals surface area contributed by atoms with Crippen LogP contribution in [0.4, 0.5) is 5.69 Å². The number of ether oxygens (including phenoxy) is 2. The number of imidazole rings is 1. The molecule has 2 aromatic carbocycles. The van der Waals surface area contributed by atoms with Gasteiger partial charge in [-0.1, -0.05) is 42.5 Å². The third-order valence-electron chi connectivity index (χ3n) is 5.56. The van der Waals surface area contributed by atoms with E-state index in [9.17, 15) is 9.59 Å². The zero-order valence-electron chi connectivity index (χ0n) is 20.9. The minimum atomic E-state index is -0.479. The number of aromatic nitrogens is 6. The Morgan fingerprint density at radius 3 is 2.53 bits per heavy atom. The Morgan fingerprint density at radius 1 is 1.00 bits per heavy atom. The van der Waals surface area contributed by atoms with E-state index in [-0.39, 0.29) is 30.6 Å². The number of carbonyl (C=O) groups excluding carboxylic acids is 2. The quantitative estimate of drug-likeness (QED) is 0.296.